The van der Waals surface area contributed by atoms with Gasteiger partial charge >= 0.3 is 0 Å². The second-order valence-corrected chi connectivity index (χ2v) is 7.87. The largest absolute Gasteiger partial charge is 0.496 e. The molecule has 0 aliphatic carbocycles. The molecule has 0 aliphatic heterocycles. The van der Waals surface area contributed by atoms with Crippen LogP contribution in [0.1, 0.15) is 79.6 Å². The van der Waals surface area contributed by atoms with Gasteiger partial charge in [-0.25, -0.2) is 0 Å². The maximum atomic E-state index is 12.0. The standard InChI is InChI=1S/C25H31NO2/c1-7-17(4)21-12-19(13-22(18(5)8-2)25(21)28-6)23-14-20-11-16(3)9-10-26(20)24(23)15-27/h9-15,17-18H,7-8H2,1-6H3. The number of hydrogen-bond donors (Lipinski definition) is 0. The molecule has 0 radical (unpaired) electrons. The van der Waals surface area contributed by atoms with E-state index in [4.69, 9.17) is 4.74 Å². The zero-order valence-electron chi connectivity index (χ0n) is 17.9. The highest BCUT2D eigenvalue weighted by Gasteiger charge is 2.21. The molecule has 3 nitrogen and oxygen atoms in total. The number of pyridine rings is 1. The SMILES string of the molecule is CCC(C)c1cc(-c2cc3cc(C)ccn3c2C=O)cc(C(C)CC)c1OC. The van der Waals surface area contributed by atoms with Crippen molar-refractivity contribution in [3.63, 3.8) is 0 Å². The average molecular weight is 378 g/mol. The number of benzene rings is 1. The Kier molecular flexibility index (Phi) is 5.93. The second kappa shape index (κ2) is 8.22. The van der Waals surface area contributed by atoms with Crippen LogP contribution < -0.4 is 4.74 Å². The fraction of sp³-hybridized carbons (Fsp3) is 0.400. The third-order valence-electron chi connectivity index (χ3n) is 6.03. The molecule has 0 spiro atoms. The van der Waals surface area contributed by atoms with E-state index in [0.29, 0.717) is 17.5 Å². The van der Waals surface area contributed by atoms with E-state index in [2.05, 4.69) is 58.9 Å². The van der Waals surface area contributed by atoms with Crippen molar-refractivity contribution in [1.82, 2.24) is 4.40 Å². The van der Waals surface area contributed by atoms with Crippen LogP contribution >= 0.6 is 0 Å². The van der Waals surface area contributed by atoms with Crippen molar-refractivity contribution >= 4 is 11.8 Å². The number of fused-ring (bicyclic) bond motifs is 1. The lowest BCUT2D eigenvalue weighted by molar-refractivity contribution is 0.111. The van der Waals surface area contributed by atoms with Gasteiger partial charge in [0.25, 0.3) is 0 Å². The first-order valence-corrected chi connectivity index (χ1v) is 10.2. The first-order chi connectivity index (χ1) is 13.4. The first-order valence-electron chi connectivity index (χ1n) is 10.2. The Morgan fingerprint density at radius 3 is 2.14 bits per heavy atom. The molecule has 0 saturated heterocycles. The van der Waals surface area contributed by atoms with Crippen LogP contribution in [0.3, 0.4) is 0 Å². The van der Waals surface area contributed by atoms with Crippen molar-refractivity contribution in [2.75, 3.05) is 7.11 Å². The van der Waals surface area contributed by atoms with Gasteiger partial charge < -0.3 is 9.14 Å². The Morgan fingerprint density at radius 2 is 1.64 bits per heavy atom. The van der Waals surface area contributed by atoms with Crippen LogP contribution in [0, 0.1) is 6.92 Å². The van der Waals surface area contributed by atoms with E-state index in [1.54, 1.807) is 7.11 Å². The van der Waals surface area contributed by atoms with Gasteiger partial charge in [-0.2, -0.15) is 0 Å². The van der Waals surface area contributed by atoms with Crippen molar-refractivity contribution in [2.45, 2.75) is 59.3 Å². The van der Waals surface area contributed by atoms with Crippen molar-refractivity contribution in [3.8, 4) is 16.9 Å². The van der Waals surface area contributed by atoms with Gasteiger partial charge in [-0.3, -0.25) is 4.79 Å². The number of carbonyl (C=O) groups is 1. The Bertz CT molecular complexity index is 968. The predicted octanol–water partition coefficient (Wildman–Crippen LogP) is 6.76. The number of aromatic nitrogens is 1. The first kappa shape index (κ1) is 20.2. The normalized spacial score (nSPS) is 13.5. The number of carbonyl (C=O) groups excluding carboxylic acids is 1. The van der Waals surface area contributed by atoms with E-state index in [1.807, 2.05) is 16.7 Å². The zero-order valence-corrected chi connectivity index (χ0v) is 17.9. The third-order valence-corrected chi connectivity index (χ3v) is 6.03. The Hall–Kier alpha value is -2.55. The van der Waals surface area contributed by atoms with E-state index < -0.39 is 0 Å². The van der Waals surface area contributed by atoms with Gasteiger partial charge in [0.2, 0.25) is 0 Å². The zero-order chi connectivity index (χ0) is 20.4. The summed E-state index contributed by atoms with van der Waals surface area (Å²) in [5.74, 6) is 1.77. The van der Waals surface area contributed by atoms with E-state index in [1.165, 1.54) is 16.7 Å². The molecule has 0 amide bonds. The molecular formula is C25H31NO2. The summed E-state index contributed by atoms with van der Waals surface area (Å²) in [5.41, 5.74) is 7.45. The fourth-order valence-corrected chi connectivity index (χ4v) is 3.90. The van der Waals surface area contributed by atoms with Crippen molar-refractivity contribution < 1.29 is 9.53 Å². The molecule has 148 valence electrons. The van der Waals surface area contributed by atoms with Crippen molar-refractivity contribution in [2.24, 2.45) is 0 Å². The van der Waals surface area contributed by atoms with E-state index in [9.17, 15) is 4.79 Å². The summed E-state index contributed by atoms with van der Waals surface area (Å²) in [5, 5.41) is 0. The maximum Gasteiger partial charge on any atom is 0.167 e. The average Bonchev–Trinajstić information content (AvgIpc) is 3.08. The van der Waals surface area contributed by atoms with Gasteiger partial charge in [-0.05, 0) is 84.2 Å². The molecule has 0 aliphatic rings. The molecule has 1 aromatic carbocycles. The minimum absolute atomic E-state index is 0.386. The summed E-state index contributed by atoms with van der Waals surface area (Å²) in [4.78, 5) is 12.0. The number of nitrogens with zero attached hydrogens (tertiary/aromatic N) is 1. The topological polar surface area (TPSA) is 30.7 Å². The number of rotatable bonds is 7. The number of methoxy groups -OCH3 is 1. The second-order valence-electron chi connectivity index (χ2n) is 7.87. The highest BCUT2D eigenvalue weighted by Crippen LogP contribution is 2.41. The summed E-state index contributed by atoms with van der Waals surface area (Å²) in [6, 6.07) is 10.7. The summed E-state index contributed by atoms with van der Waals surface area (Å²) >= 11 is 0. The van der Waals surface area contributed by atoms with Crippen LogP contribution in [0.2, 0.25) is 0 Å². The molecule has 28 heavy (non-hydrogen) atoms. The van der Waals surface area contributed by atoms with Crippen LogP contribution in [0.4, 0.5) is 0 Å². The molecule has 2 heterocycles. The van der Waals surface area contributed by atoms with Crippen LogP contribution in [0.15, 0.2) is 36.5 Å². The quantitative estimate of drug-likeness (QED) is 0.426. The van der Waals surface area contributed by atoms with Crippen molar-refractivity contribution in [3.05, 3.63) is 58.9 Å². The number of hydrogen-bond acceptors (Lipinski definition) is 2. The highest BCUT2D eigenvalue weighted by molar-refractivity contribution is 5.90. The molecule has 0 saturated carbocycles. The van der Waals surface area contributed by atoms with Crippen LogP contribution in [-0.4, -0.2) is 17.8 Å². The predicted molar refractivity (Wildman–Crippen MR) is 117 cm³/mol. The lowest BCUT2D eigenvalue weighted by Crippen LogP contribution is -2.04. The van der Waals surface area contributed by atoms with Gasteiger partial charge in [-0.1, -0.05) is 27.7 Å². The van der Waals surface area contributed by atoms with E-state index >= 15 is 0 Å². The molecule has 3 rings (SSSR count). The van der Waals surface area contributed by atoms with Gasteiger partial charge in [-0.15, -0.1) is 0 Å². The smallest absolute Gasteiger partial charge is 0.167 e. The molecule has 2 unspecified atom stereocenters. The lowest BCUT2D eigenvalue weighted by Gasteiger charge is -2.22. The molecule has 2 aromatic heterocycles. The molecule has 0 N–H and O–H groups in total. The van der Waals surface area contributed by atoms with Gasteiger partial charge in [0.1, 0.15) is 5.75 Å². The summed E-state index contributed by atoms with van der Waals surface area (Å²) in [7, 11) is 1.76. The summed E-state index contributed by atoms with van der Waals surface area (Å²) in [6.07, 6.45) is 5.02. The molecule has 0 fully saturated rings. The number of aryl methyl sites for hydroxylation is 1. The Morgan fingerprint density at radius 1 is 1.04 bits per heavy atom. The molecule has 2 atom stereocenters. The number of ether oxygens (including phenoxy) is 1. The third kappa shape index (κ3) is 3.46. The van der Waals surface area contributed by atoms with Crippen LogP contribution in [0.5, 0.6) is 5.75 Å². The van der Waals surface area contributed by atoms with E-state index in [0.717, 1.165) is 41.5 Å². The van der Waals surface area contributed by atoms with Gasteiger partial charge in [0.15, 0.2) is 6.29 Å². The molecule has 3 aromatic rings. The monoisotopic (exact) mass is 377 g/mol. The Balaban J connectivity index is 2.32. The van der Waals surface area contributed by atoms with Crippen LogP contribution in [-0.2, 0) is 0 Å². The van der Waals surface area contributed by atoms with Crippen LogP contribution in [0.25, 0.3) is 16.6 Å². The minimum Gasteiger partial charge on any atom is -0.496 e. The number of aldehydes is 1. The molecular weight excluding hydrogens is 346 g/mol. The summed E-state index contributed by atoms with van der Waals surface area (Å²) in [6.45, 7) is 10.9. The fourth-order valence-electron chi connectivity index (χ4n) is 3.90. The van der Waals surface area contributed by atoms with Crippen molar-refractivity contribution in [1.29, 1.82) is 0 Å². The highest BCUT2D eigenvalue weighted by atomic mass is 16.5. The minimum atomic E-state index is 0.386. The Labute approximate surface area is 168 Å². The van der Waals surface area contributed by atoms with Gasteiger partial charge in [0.05, 0.1) is 12.8 Å². The van der Waals surface area contributed by atoms with Gasteiger partial charge in [0, 0.05) is 17.3 Å². The lowest BCUT2D eigenvalue weighted by atomic mass is 9.86. The molecule has 3 heteroatoms. The molecule has 0 bridgehead atoms. The van der Waals surface area contributed by atoms with E-state index in [-0.39, 0.29) is 0 Å². The maximum absolute atomic E-state index is 12.0. The summed E-state index contributed by atoms with van der Waals surface area (Å²) < 4.78 is 7.85.